The standard InChI is InChI=1S/C12H14BrFN2O/c1-12(11(15)17,16-8-3-4-8)9-5-2-7(14)6-10(9)13/h2,5-6,8,16H,3-4H2,1H3,(H2,15,17). The van der Waals surface area contributed by atoms with Gasteiger partial charge < -0.3 is 5.73 Å². The molecule has 2 rings (SSSR count). The predicted octanol–water partition coefficient (Wildman–Crippen LogP) is 2.04. The Morgan fingerprint density at radius 1 is 1.59 bits per heavy atom. The number of primary amides is 1. The Balaban J connectivity index is 2.40. The van der Waals surface area contributed by atoms with Gasteiger partial charge in [-0.2, -0.15) is 0 Å². The van der Waals surface area contributed by atoms with Gasteiger partial charge in [0.1, 0.15) is 11.4 Å². The van der Waals surface area contributed by atoms with Gasteiger partial charge in [-0.15, -0.1) is 0 Å². The van der Waals surface area contributed by atoms with Gasteiger partial charge in [-0.1, -0.05) is 22.0 Å². The van der Waals surface area contributed by atoms with Crippen LogP contribution in [0, 0.1) is 5.82 Å². The van der Waals surface area contributed by atoms with Crippen molar-refractivity contribution in [2.45, 2.75) is 31.3 Å². The molecule has 0 spiro atoms. The number of nitrogens with two attached hydrogens (primary N) is 1. The van der Waals surface area contributed by atoms with Crippen LogP contribution in [-0.4, -0.2) is 11.9 Å². The molecule has 1 unspecified atom stereocenters. The molecule has 1 atom stereocenters. The van der Waals surface area contributed by atoms with E-state index in [2.05, 4.69) is 21.2 Å². The molecule has 1 aliphatic carbocycles. The average molecular weight is 301 g/mol. The van der Waals surface area contributed by atoms with Crippen molar-refractivity contribution in [3.8, 4) is 0 Å². The third-order valence-corrected chi connectivity index (χ3v) is 3.69. The highest BCUT2D eigenvalue weighted by Crippen LogP contribution is 2.32. The number of carbonyl (C=O) groups excluding carboxylic acids is 1. The minimum atomic E-state index is -0.965. The van der Waals surface area contributed by atoms with Crippen molar-refractivity contribution in [2.75, 3.05) is 0 Å². The van der Waals surface area contributed by atoms with Crippen molar-refractivity contribution in [3.05, 3.63) is 34.1 Å². The second-order valence-electron chi connectivity index (χ2n) is 4.53. The van der Waals surface area contributed by atoms with E-state index in [-0.39, 0.29) is 5.82 Å². The highest BCUT2D eigenvalue weighted by molar-refractivity contribution is 9.10. The maximum absolute atomic E-state index is 13.0. The minimum absolute atomic E-state index is 0.324. The lowest BCUT2D eigenvalue weighted by Crippen LogP contribution is -2.51. The monoisotopic (exact) mass is 300 g/mol. The predicted molar refractivity (Wildman–Crippen MR) is 66.8 cm³/mol. The molecule has 0 radical (unpaired) electrons. The molecule has 1 amide bonds. The summed E-state index contributed by atoms with van der Waals surface area (Å²) in [7, 11) is 0. The summed E-state index contributed by atoms with van der Waals surface area (Å²) in [6.07, 6.45) is 2.09. The highest BCUT2D eigenvalue weighted by Gasteiger charge is 2.39. The van der Waals surface area contributed by atoms with E-state index in [1.807, 2.05) is 0 Å². The first kappa shape index (κ1) is 12.5. The van der Waals surface area contributed by atoms with Crippen LogP contribution >= 0.6 is 15.9 Å². The summed E-state index contributed by atoms with van der Waals surface area (Å²) in [6.45, 7) is 1.73. The van der Waals surface area contributed by atoms with Gasteiger partial charge in [-0.25, -0.2) is 4.39 Å². The van der Waals surface area contributed by atoms with Gasteiger partial charge in [-0.05, 0) is 37.5 Å². The number of carbonyl (C=O) groups is 1. The van der Waals surface area contributed by atoms with E-state index >= 15 is 0 Å². The summed E-state index contributed by atoms with van der Waals surface area (Å²) in [6, 6.07) is 4.57. The first-order valence-electron chi connectivity index (χ1n) is 5.46. The summed E-state index contributed by atoms with van der Waals surface area (Å²) in [5.41, 5.74) is 5.17. The van der Waals surface area contributed by atoms with Crippen molar-refractivity contribution < 1.29 is 9.18 Å². The molecule has 0 saturated heterocycles. The number of rotatable bonds is 4. The van der Waals surface area contributed by atoms with Crippen molar-refractivity contribution in [1.82, 2.24) is 5.32 Å². The number of amides is 1. The SMILES string of the molecule is CC(NC1CC1)(C(N)=O)c1ccc(F)cc1Br. The molecule has 0 heterocycles. The van der Waals surface area contributed by atoms with E-state index in [0.717, 1.165) is 12.8 Å². The lowest BCUT2D eigenvalue weighted by molar-refractivity contribution is -0.124. The topological polar surface area (TPSA) is 55.1 Å². The van der Waals surface area contributed by atoms with E-state index in [4.69, 9.17) is 5.73 Å². The Bertz CT molecular complexity index is 462. The number of hydrogen-bond acceptors (Lipinski definition) is 2. The van der Waals surface area contributed by atoms with Gasteiger partial charge in [0.05, 0.1) is 0 Å². The van der Waals surface area contributed by atoms with E-state index in [0.29, 0.717) is 16.1 Å². The first-order chi connectivity index (χ1) is 7.93. The zero-order valence-corrected chi connectivity index (χ0v) is 11.1. The molecule has 0 aliphatic heterocycles. The zero-order chi connectivity index (χ0) is 12.6. The Morgan fingerprint density at radius 3 is 2.71 bits per heavy atom. The molecule has 1 aliphatic rings. The Labute approximate surface area is 108 Å². The average Bonchev–Trinajstić information content (AvgIpc) is 3.00. The van der Waals surface area contributed by atoms with Crippen LogP contribution in [-0.2, 0) is 10.3 Å². The van der Waals surface area contributed by atoms with Crippen LogP contribution in [0.5, 0.6) is 0 Å². The zero-order valence-electron chi connectivity index (χ0n) is 9.47. The molecule has 1 saturated carbocycles. The lowest BCUT2D eigenvalue weighted by Gasteiger charge is -2.29. The number of hydrogen-bond donors (Lipinski definition) is 2. The molecule has 1 aromatic rings. The number of halogens is 2. The van der Waals surface area contributed by atoms with Crippen LogP contribution in [0.15, 0.2) is 22.7 Å². The van der Waals surface area contributed by atoms with Gasteiger partial charge >= 0.3 is 0 Å². The number of nitrogens with one attached hydrogen (secondary N) is 1. The molecule has 5 heteroatoms. The van der Waals surface area contributed by atoms with Crippen LogP contribution in [0.4, 0.5) is 4.39 Å². The van der Waals surface area contributed by atoms with Crippen molar-refractivity contribution in [2.24, 2.45) is 5.73 Å². The molecule has 0 aromatic heterocycles. The molecule has 1 fully saturated rings. The first-order valence-corrected chi connectivity index (χ1v) is 6.26. The second kappa shape index (κ2) is 4.38. The molecular weight excluding hydrogens is 287 g/mol. The quantitative estimate of drug-likeness (QED) is 0.894. The van der Waals surface area contributed by atoms with Crippen LogP contribution in [0.1, 0.15) is 25.3 Å². The van der Waals surface area contributed by atoms with Gasteiger partial charge in [0.2, 0.25) is 5.91 Å². The van der Waals surface area contributed by atoms with Crippen LogP contribution in [0.25, 0.3) is 0 Å². The van der Waals surface area contributed by atoms with Crippen LogP contribution < -0.4 is 11.1 Å². The van der Waals surface area contributed by atoms with E-state index < -0.39 is 11.4 Å². The summed E-state index contributed by atoms with van der Waals surface area (Å²) >= 11 is 3.27. The molecule has 1 aromatic carbocycles. The Hall–Kier alpha value is -0.940. The summed E-state index contributed by atoms with van der Waals surface area (Å²) in [5, 5.41) is 3.22. The Kier molecular flexibility index (Phi) is 3.23. The van der Waals surface area contributed by atoms with Crippen LogP contribution in [0.2, 0.25) is 0 Å². The van der Waals surface area contributed by atoms with Crippen molar-refractivity contribution in [3.63, 3.8) is 0 Å². The lowest BCUT2D eigenvalue weighted by atomic mass is 9.91. The van der Waals surface area contributed by atoms with Crippen molar-refractivity contribution in [1.29, 1.82) is 0 Å². The number of benzene rings is 1. The van der Waals surface area contributed by atoms with E-state index in [9.17, 15) is 9.18 Å². The minimum Gasteiger partial charge on any atom is -0.368 e. The third-order valence-electron chi connectivity index (χ3n) is 3.03. The molecule has 92 valence electrons. The van der Waals surface area contributed by atoms with E-state index in [1.54, 1.807) is 13.0 Å². The van der Waals surface area contributed by atoms with Crippen LogP contribution in [0.3, 0.4) is 0 Å². The van der Waals surface area contributed by atoms with Gasteiger partial charge in [-0.3, -0.25) is 10.1 Å². The van der Waals surface area contributed by atoms with Gasteiger partial charge in [0, 0.05) is 10.5 Å². The van der Waals surface area contributed by atoms with E-state index in [1.165, 1.54) is 12.1 Å². The third kappa shape index (κ3) is 2.50. The molecular formula is C12H14BrFN2O. The molecule has 3 N–H and O–H groups in total. The highest BCUT2D eigenvalue weighted by atomic mass is 79.9. The second-order valence-corrected chi connectivity index (χ2v) is 5.39. The fourth-order valence-corrected chi connectivity index (χ4v) is 2.56. The maximum atomic E-state index is 13.0. The summed E-state index contributed by atoms with van der Waals surface area (Å²) in [5.74, 6) is -0.810. The van der Waals surface area contributed by atoms with Crippen molar-refractivity contribution >= 4 is 21.8 Å². The maximum Gasteiger partial charge on any atom is 0.242 e. The summed E-state index contributed by atoms with van der Waals surface area (Å²) in [4.78, 5) is 11.7. The molecule has 3 nitrogen and oxygen atoms in total. The smallest absolute Gasteiger partial charge is 0.242 e. The fraction of sp³-hybridized carbons (Fsp3) is 0.417. The van der Waals surface area contributed by atoms with Gasteiger partial charge in [0.15, 0.2) is 0 Å². The fourth-order valence-electron chi connectivity index (χ4n) is 1.81. The summed E-state index contributed by atoms with van der Waals surface area (Å²) < 4.78 is 13.6. The Morgan fingerprint density at radius 2 is 2.24 bits per heavy atom. The van der Waals surface area contributed by atoms with Gasteiger partial charge in [0.25, 0.3) is 0 Å². The molecule has 0 bridgehead atoms. The normalized spacial score (nSPS) is 18.8. The largest absolute Gasteiger partial charge is 0.368 e. The molecule has 17 heavy (non-hydrogen) atoms.